The summed E-state index contributed by atoms with van der Waals surface area (Å²) in [6, 6.07) is 17.6. The van der Waals surface area contributed by atoms with E-state index in [9.17, 15) is 9.59 Å². The summed E-state index contributed by atoms with van der Waals surface area (Å²) in [4.78, 5) is 26.7. The second-order valence-corrected chi connectivity index (χ2v) is 6.15. The van der Waals surface area contributed by atoms with Crippen LogP contribution in [-0.2, 0) is 4.79 Å². The lowest BCUT2D eigenvalue weighted by atomic mass is 10.0. The molecule has 1 atom stereocenters. The van der Waals surface area contributed by atoms with Gasteiger partial charge < -0.3 is 10.2 Å². The van der Waals surface area contributed by atoms with Gasteiger partial charge in [-0.05, 0) is 37.0 Å². The Morgan fingerprint density at radius 2 is 1.79 bits per heavy atom. The van der Waals surface area contributed by atoms with Gasteiger partial charge in [-0.3, -0.25) is 9.59 Å². The minimum atomic E-state index is -0.197. The number of carbonyl (C=O) groups excluding carboxylic acids is 2. The summed E-state index contributed by atoms with van der Waals surface area (Å²) in [7, 11) is 0. The Bertz CT molecular complexity index is 727. The fraction of sp³-hybridized carbons (Fsp3) is 0.300. The molecule has 1 aliphatic heterocycles. The third kappa shape index (κ3) is 3.48. The van der Waals surface area contributed by atoms with Crippen molar-refractivity contribution in [2.45, 2.75) is 25.8 Å². The minimum absolute atomic E-state index is 0.0247. The van der Waals surface area contributed by atoms with Crippen molar-refractivity contribution in [3.8, 4) is 0 Å². The van der Waals surface area contributed by atoms with E-state index in [1.165, 1.54) is 0 Å². The molecule has 3 rings (SSSR count). The quantitative estimate of drug-likeness (QED) is 0.940. The number of benzene rings is 2. The number of carbonyl (C=O) groups is 2. The zero-order valence-corrected chi connectivity index (χ0v) is 13.9. The molecule has 2 aromatic carbocycles. The summed E-state index contributed by atoms with van der Waals surface area (Å²) < 4.78 is 0. The number of hydrogen-bond donors (Lipinski definition) is 1. The average molecular weight is 322 g/mol. The molecule has 1 saturated heterocycles. The Kier molecular flexibility index (Phi) is 4.94. The van der Waals surface area contributed by atoms with E-state index in [0.29, 0.717) is 5.56 Å². The second kappa shape index (κ2) is 7.30. The minimum Gasteiger partial charge on any atom is -0.343 e. The zero-order valence-electron chi connectivity index (χ0n) is 13.9. The standard InChI is InChI=1S/C20H22N2O2/c1-15-8-5-6-11-17(15)20(24)21-14-19(23)22-13-7-12-18(22)16-9-3-2-4-10-16/h2-6,8-11,18H,7,12-14H2,1H3,(H,21,24). The van der Waals surface area contributed by atoms with Crippen LogP contribution in [0.4, 0.5) is 0 Å². The van der Waals surface area contributed by atoms with E-state index in [1.807, 2.05) is 48.2 Å². The van der Waals surface area contributed by atoms with Gasteiger partial charge in [0.1, 0.15) is 0 Å². The SMILES string of the molecule is Cc1ccccc1C(=O)NCC(=O)N1CCCC1c1ccccc1. The van der Waals surface area contributed by atoms with Crippen LogP contribution in [0.15, 0.2) is 54.6 Å². The third-order valence-corrected chi connectivity index (χ3v) is 4.55. The van der Waals surface area contributed by atoms with Gasteiger partial charge in [0.15, 0.2) is 0 Å². The van der Waals surface area contributed by atoms with Crippen LogP contribution in [0.1, 0.15) is 40.4 Å². The van der Waals surface area contributed by atoms with Gasteiger partial charge in [0.05, 0.1) is 12.6 Å². The van der Waals surface area contributed by atoms with Crippen molar-refractivity contribution in [3.63, 3.8) is 0 Å². The number of aryl methyl sites for hydroxylation is 1. The number of amides is 2. The highest BCUT2D eigenvalue weighted by Crippen LogP contribution is 2.31. The predicted molar refractivity (Wildman–Crippen MR) is 93.6 cm³/mol. The largest absolute Gasteiger partial charge is 0.343 e. The van der Waals surface area contributed by atoms with E-state index in [4.69, 9.17) is 0 Å². The summed E-state index contributed by atoms with van der Waals surface area (Å²) >= 11 is 0. The smallest absolute Gasteiger partial charge is 0.251 e. The Morgan fingerprint density at radius 3 is 2.54 bits per heavy atom. The van der Waals surface area contributed by atoms with Gasteiger partial charge in [0.25, 0.3) is 5.91 Å². The maximum absolute atomic E-state index is 12.6. The van der Waals surface area contributed by atoms with Crippen LogP contribution in [0.3, 0.4) is 0 Å². The van der Waals surface area contributed by atoms with Gasteiger partial charge in [-0.25, -0.2) is 0 Å². The molecule has 0 spiro atoms. The van der Waals surface area contributed by atoms with E-state index in [-0.39, 0.29) is 24.4 Å². The Morgan fingerprint density at radius 1 is 1.08 bits per heavy atom. The van der Waals surface area contributed by atoms with Crippen molar-refractivity contribution in [2.24, 2.45) is 0 Å². The molecular weight excluding hydrogens is 300 g/mol. The monoisotopic (exact) mass is 322 g/mol. The van der Waals surface area contributed by atoms with Crippen molar-refractivity contribution in [1.82, 2.24) is 10.2 Å². The van der Waals surface area contributed by atoms with Crippen molar-refractivity contribution < 1.29 is 9.59 Å². The molecule has 4 nitrogen and oxygen atoms in total. The summed E-state index contributed by atoms with van der Waals surface area (Å²) in [6.45, 7) is 2.68. The second-order valence-electron chi connectivity index (χ2n) is 6.15. The van der Waals surface area contributed by atoms with Crippen LogP contribution < -0.4 is 5.32 Å². The van der Waals surface area contributed by atoms with Crippen molar-refractivity contribution >= 4 is 11.8 Å². The number of nitrogens with zero attached hydrogens (tertiary/aromatic N) is 1. The summed E-state index contributed by atoms with van der Waals surface area (Å²) in [5.41, 5.74) is 2.69. The Balaban J connectivity index is 1.62. The molecule has 0 bridgehead atoms. The molecule has 0 aliphatic carbocycles. The van der Waals surface area contributed by atoms with Gasteiger partial charge >= 0.3 is 0 Å². The van der Waals surface area contributed by atoms with Crippen LogP contribution in [-0.4, -0.2) is 29.8 Å². The van der Waals surface area contributed by atoms with Gasteiger partial charge in [0, 0.05) is 12.1 Å². The first-order valence-corrected chi connectivity index (χ1v) is 8.35. The average Bonchev–Trinajstić information content (AvgIpc) is 3.10. The van der Waals surface area contributed by atoms with Gasteiger partial charge in [0.2, 0.25) is 5.91 Å². The van der Waals surface area contributed by atoms with Gasteiger partial charge in [-0.2, -0.15) is 0 Å². The molecule has 124 valence electrons. The summed E-state index contributed by atoms with van der Waals surface area (Å²) in [5, 5.41) is 2.76. The highest BCUT2D eigenvalue weighted by Gasteiger charge is 2.29. The van der Waals surface area contributed by atoms with Gasteiger partial charge in [-0.15, -0.1) is 0 Å². The molecule has 1 aliphatic rings. The molecule has 24 heavy (non-hydrogen) atoms. The molecule has 1 fully saturated rings. The maximum Gasteiger partial charge on any atom is 0.251 e. The predicted octanol–water partition coefficient (Wildman–Crippen LogP) is 3.09. The highest BCUT2D eigenvalue weighted by atomic mass is 16.2. The van der Waals surface area contributed by atoms with E-state index >= 15 is 0 Å². The van der Waals surface area contributed by atoms with Crippen LogP contribution in [0.5, 0.6) is 0 Å². The maximum atomic E-state index is 12.6. The lowest BCUT2D eigenvalue weighted by molar-refractivity contribution is -0.131. The Hall–Kier alpha value is -2.62. The molecule has 2 aromatic rings. The van der Waals surface area contributed by atoms with E-state index in [2.05, 4.69) is 17.4 Å². The van der Waals surface area contributed by atoms with Crippen molar-refractivity contribution in [1.29, 1.82) is 0 Å². The lowest BCUT2D eigenvalue weighted by Gasteiger charge is -2.25. The number of likely N-dealkylation sites (tertiary alicyclic amines) is 1. The fourth-order valence-corrected chi connectivity index (χ4v) is 3.27. The fourth-order valence-electron chi connectivity index (χ4n) is 3.27. The first kappa shape index (κ1) is 16.2. The summed E-state index contributed by atoms with van der Waals surface area (Å²) in [5.74, 6) is -0.222. The van der Waals surface area contributed by atoms with E-state index in [0.717, 1.165) is 30.5 Å². The van der Waals surface area contributed by atoms with Gasteiger partial charge in [-0.1, -0.05) is 48.5 Å². The normalized spacial score (nSPS) is 16.9. The van der Waals surface area contributed by atoms with Crippen molar-refractivity contribution in [3.05, 3.63) is 71.3 Å². The highest BCUT2D eigenvalue weighted by molar-refractivity contribution is 5.97. The number of hydrogen-bond acceptors (Lipinski definition) is 2. The topological polar surface area (TPSA) is 49.4 Å². The first-order chi connectivity index (χ1) is 11.7. The van der Waals surface area contributed by atoms with E-state index in [1.54, 1.807) is 6.07 Å². The molecule has 2 amide bonds. The molecular formula is C20H22N2O2. The molecule has 1 N–H and O–H groups in total. The van der Waals surface area contributed by atoms with Crippen molar-refractivity contribution in [2.75, 3.05) is 13.1 Å². The molecule has 4 heteroatoms. The Labute approximate surface area is 142 Å². The molecule has 0 saturated carbocycles. The number of nitrogens with one attached hydrogen (secondary N) is 1. The van der Waals surface area contributed by atoms with Crippen LogP contribution in [0.2, 0.25) is 0 Å². The lowest BCUT2D eigenvalue weighted by Crippen LogP contribution is -2.40. The number of rotatable bonds is 4. The molecule has 1 heterocycles. The molecule has 0 radical (unpaired) electrons. The molecule has 1 unspecified atom stereocenters. The van der Waals surface area contributed by atoms with Crippen LogP contribution in [0, 0.1) is 6.92 Å². The van der Waals surface area contributed by atoms with Crippen LogP contribution >= 0.6 is 0 Å². The first-order valence-electron chi connectivity index (χ1n) is 8.35. The third-order valence-electron chi connectivity index (χ3n) is 4.55. The van der Waals surface area contributed by atoms with E-state index < -0.39 is 0 Å². The van der Waals surface area contributed by atoms with Crippen LogP contribution in [0.25, 0.3) is 0 Å². The molecule has 0 aromatic heterocycles. The summed E-state index contributed by atoms with van der Waals surface area (Å²) in [6.07, 6.45) is 1.97. The zero-order chi connectivity index (χ0) is 16.9.